The van der Waals surface area contributed by atoms with E-state index in [1.807, 2.05) is 25.3 Å². The van der Waals surface area contributed by atoms with Gasteiger partial charge in [-0.25, -0.2) is 0 Å². The molecule has 2 aromatic heterocycles. The molecule has 1 fully saturated rings. The number of aryl methyl sites for hydroxylation is 1. The number of H-pyrrole nitrogens is 1. The summed E-state index contributed by atoms with van der Waals surface area (Å²) >= 11 is 0. The Morgan fingerprint density at radius 2 is 2.15 bits per heavy atom. The molecule has 0 saturated carbocycles. The summed E-state index contributed by atoms with van der Waals surface area (Å²) in [6.07, 6.45) is 4.05. The van der Waals surface area contributed by atoms with E-state index in [-0.39, 0.29) is 0 Å². The van der Waals surface area contributed by atoms with Crippen molar-refractivity contribution in [3.05, 3.63) is 24.0 Å². The third-order valence-corrected chi connectivity index (χ3v) is 3.89. The van der Waals surface area contributed by atoms with Crippen LogP contribution >= 0.6 is 0 Å². The Balaban J connectivity index is 1.72. The Bertz CT molecular complexity index is 553. The zero-order valence-corrected chi connectivity index (χ0v) is 11.7. The van der Waals surface area contributed by atoms with Gasteiger partial charge in [0.05, 0.1) is 0 Å². The van der Waals surface area contributed by atoms with Crippen molar-refractivity contribution in [1.82, 2.24) is 20.2 Å². The van der Waals surface area contributed by atoms with Crippen LogP contribution in [-0.2, 0) is 0 Å². The minimum absolute atomic E-state index is 0.644. The van der Waals surface area contributed by atoms with Crippen LogP contribution in [0, 0.1) is 12.8 Å². The van der Waals surface area contributed by atoms with Gasteiger partial charge in [0.15, 0.2) is 5.82 Å². The monoisotopic (exact) mass is 272 g/mol. The first-order valence-corrected chi connectivity index (χ1v) is 7.06. The molecule has 0 radical (unpaired) electrons. The van der Waals surface area contributed by atoms with Gasteiger partial charge < -0.3 is 10.6 Å². The molecule has 20 heavy (non-hydrogen) atoms. The number of nitrogens with one attached hydrogen (secondary N) is 1. The van der Waals surface area contributed by atoms with E-state index in [9.17, 15) is 0 Å². The summed E-state index contributed by atoms with van der Waals surface area (Å²) in [6, 6.07) is 3.98. The van der Waals surface area contributed by atoms with E-state index < -0.39 is 0 Å². The molecule has 1 saturated heterocycles. The second-order valence-electron chi connectivity index (χ2n) is 5.34. The highest BCUT2D eigenvalue weighted by molar-refractivity contribution is 5.55. The van der Waals surface area contributed by atoms with Gasteiger partial charge in [0.2, 0.25) is 5.95 Å². The van der Waals surface area contributed by atoms with E-state index in [1.165, 1.54) is 0 Å². The molecule has 6 heteroatoms. The number of nitrogens with two attached hydrogens (primary N) is 1. The first-order chi connectivity index (χ1) is 9.76. The predicted molar refractivity (Wildman–Crippen MR) is 78.3 cm³/mol. The lowest BCUT2D eigenvalue weighted by Gasteiger charge is -2.30. The quantitative estimate of drug-likeness (QED) is 0.881. The average molecular weight is 272 g/mol. The van der Waals surface area contributed by atoms with Crippen molar-refractivity contribution in [3.8, 4) is 11.4 Å². The van der Waals surface area contributed by atoms with Crippen molar-refractivity contribution in [2.45, 2.75) is 19.8 Å². The molecule has 6 nitrogen and oxygen atoms in total. The third-order valence-electron chi connectivity index (χ3n) is 3.89. The normalized spacial score (nSPS) is 16.6. The van der Waals surface area contributed by atoms with Gasteiger partial charge in [-0.3, -0.25) is 10.1 Å². The van der Waals surface area contributed by atoms with Crippen molar-refractivity contribution < 1.29 is 0 Å². The van der Waals surface area contributed by atoms with E-state index in [0.717, 1.165) is 55.5 Å². The number of hydrogen-bond acceptors (Lipinski definition) is 5. The molecule has 0 aliphatic carbocycles. The number of rotatable bonds is 3. The van der Waals surface area contributed by atoms with Crippen LogP contribution in [0.3, 0.4) is 0 Å². The van der Waals surface area contributed by atoms with Gasteiger partial charge in [0.25, 0.3) is 0 Å². The third kappa shape index (κ3) is 2.65. The SMILES string of the molecule is Cc1ccc(-c2nc(N3CCC(CN)CC3)n[nH]2)cn1. The number of piperidine rings is 1. The van der Waals surface area contributed by atoms with Gasteiger partial charge >= 0.3 is 0 Å². The van der Waals surface area contributed by atoms with Gasteiger partial charge in [-0.1, -0.05) is 0 Å². The van der Waals surface area contributed by atoms with Crippen molar-refractivity contribution in [2.24, 2.45) is 11.7 Å². The van der Waals surface area contributed by atoms with Gasteiger partial charge in [-0.15, -0.1) is 5.10 Å². The minimum atomic E-state index is 0.644. The number of hydrogen-bond donors (Lipinski definition) is 2. The topological polar surface area (TPSA) is 83.7 Å². The Morgan fingerprint density at radius 1 is 1.35 bits per heavy atom. The zero-order chi connectivity index (χ0) is 13.9. The summed E-state index contributed by atoms with van der Waals surface area (Å²) in [5, 5.41) is 7.32. The summed E-state index contributed by atoms with van der Waals surface area (Å²) in [6.45, 7) is 4.70. The molecule has 0 unspecified atom stereocenters. The molecule has 0 spiro atoms. The van der Waals surface area contributed by atoms with Crippen LogP contribution in [0.2, 0.25) is 0 Å². The molecule has 3 N–H and O–H groups in total. The fourth-order valence-electron chi connectivity index (χ4n) is 2.50. The number of pyridine rings is 1. The molecule has 1 aliphatic rings. The van der Waals surface area contributed by atoms with Gasteiger partial charge in [-0.05, 0) is 44.4 Å². The van der Waals surface area contributed by atoms with E-state index >= 15 is 0 Å². The second-order valence-corrected chi connectivity index (χ2v) is 5.34. The number of aromatic nitrogens is 4. The van der Waals surface area contributed by atoms with Crippen molar-refractivity contribution in [2.75, 3.05) is 24.5 Å². The summed E-state index contributed by atoms with van der Waals surface area (Å²) in [5.41, 5.74) is 7.68. The molecule has 0 bridgehead atoms. The lowest BCUT2D eigenvalue weighted by atomic mass is 9.97. The van der Waals surface area contributed by atoms with E-state index in [2.05, 4.69) is 25.1 Å². The number of aromatic amines is 1. The van der Waals surface area contributed by atoms with Crippen molar-refractivity contribution in [3.63, 3.8) is 0 Å². The molecule has 0 amide bonds. The molecule has 1 aliphatic heterocycles. The second kappa shape index (κ2) is 5.58. The number of anilines is 1. The van der Waals surface area contributed by atoms with Crippen molar-refractivity contribution in [1.29, 1.82) is 0 Å². The Hall–Kier alpha value is -1.95. The standard InChI is InChI=1S/C14H20N6/c1-10-2-3-12(9-16-10)13-17-14(19-18-13)20-6-4-11(8-15)5-7-20/h2-3,9,11H,4-8,15H2,1H3,(H,17,18,19). The van der Waals surface area contributed by atoms with Crippen LogP contribution in [0.5, 0.6) is 0 Å². The van der Waals surface area contributed by atoms with Crippen LogP contribution in [0.1, 0.15) is 18.5 Å². The maximum absolute atomic E-state index is 5.72. The average Bonchev–Trinajstić information content (AvgIpc) is 2.98. The summed E-state index contributed by atoms with van der Waals surface area (Å²) in [5.74, 6) is 2.19. The minimum Gasteiger partial charge on any atom is -0.340 e. The lowest BCUT2D eigenvalue weighted by molar-refractivity contribution is 0.411. The first kappa shape index (κ1) is 13.1. The lowest BCUT2D eigenvalue weighted by Crippen LogP contribution is -2.36. The molecule has 2 aromatic rings. The van der Waals surface area contributed by atoms with Gasteiger partial charge in [0.1, 0.15) is 0 Å². The molecule has 0 atom stereocenters. The molecule has 3 heterocycles. The Kier molecular flexibility index (Phi) is 3.64. The first-order valence-electron chi connectivity index (χ1n) is 7.06. The zero-order valence-electron chi connectivity index (χ0n) is 11.7. The summed E-state index contributed by atoms with van der Waals surface area (Å²) < 4.78 is 0. The number of nitrogens with zero attached hydrogens (tertiary/aromatic N) is 4. The van der Waals surface area contributed by atoms with Gasteiger partial charge in [0, 0.05) is 30.5 Å². The van der Waals surface area contributed by atoms with E-state index in [1.54, 1.807) is 0 Å². The van der Waals surface area contributed by atoms with Crippen LogP contribution < -0.4 is 10.6 Å². The maximum Gasteiger partial charge on any atom is 0.245 e. The predicted octanol–water partition coefficient (Wildman–Crippen LogP) is 1.35. The van der Waals surface area contributed by atoms with Crippen LogP contribution in [0.25, 0.3) is 11.4 Å². The van der Waals surface area contributed by atoms with Crippen molar-refractivity contribution >= 4 is 5.95 Å². The smallest absolute Gasteiger partial charge is 0.245 e. The maximum atomic E-state index is 5.72. The van der Waals surface area contributed by atoms with Crippen LogP contribution in [-0.4, -0.2) is 39.8 Å². The fraction of sp³-hybridized carbons (Fsp3) is 0.500. The molecular formula is C14H20N6. The summed E-state index contributed by atoms with van der Waals surface area (Å²) in [4.78, 5) is 11.1. The highest BCUT2D eigenvalue weighted by atomic mass is 15.4. The van der Waals surface area contributed by atoms with Crippen LogP contribution in [0.4, 0.5) is 5.95 Å². The van der Waals surface area contributed by atoms with Gasteiger partial charge in [-0.2, -0.15) is 4.98 Å². The Labute approximate surface area is 118 Å². The molecule has 106 valence electrons. The highest BCUT2D eigenvalue weighted by Crippen LogP contribution is 2.22. The van der Waals surface area contributed by atoms with E-state index in [0.29, 0.717) is 5.92 Å². The molecular weight excluding hydrogens is 252 g/mol. The highest BCUT2D eigenvalue weighted by Gasteiger charge is 2.21. The Morgan fingerprint density at radius 3 is 2.80 bits per heavy atom. The molecule has 0 aromatic carbocycles. The summed E-state index contributed by atoms with van der Waals surface area (Å²) in [7, 11) is 0. The molecule has 3 rings (SSSR count). The fourth-order valence-corrected chi connectivity index (χ4v) is 2.50. The van der Waals surface area contributed by atoms with Crippen LogP contribution in [0.15, 0.2) is 18.3 Å². The largest absolute Gasteiger partial charge is 0.340 e. The van der Waals surface area contributed by atoms with E-state index in [4.69, 9.17) is 5.73 Å².